The highest BCUT2D eigenvalue weighted by Crippen LogP contribution is 2.33. The highest BCUT2D eigenvalue weighted by atomic mass is 35.5. The molecule has 132 valence electrons. The van der Waals surface area contributed by atoms with Gasteiger partial charge in [0, 0.05) is 25.6 Å². The number of carbonyl (C=O) groups is 2. The topological polar surface area (TPSA) is 70.7 Å². The van der Waals surface area contributed by atoms with Crippen LogP contribution in [0.3, 0.4) is 0 Å². The van der Waals surface area contributed by atoms with Gasteiger partial charge >= 0.3 is 0 Å². The lowest BCUT2D eigenvalue weighted by Crippen LogP contribution is -2.48. The molecule has 1 aromatic rings. The van der Waals surface area contributed by atoms with Crippen LogP contribution in [0.1, 0.15) is 26.2 Å². The molecule has 1 fully saturated rings. The quantitative estimate of drug-likeness (QED) is 0.860. The van der Waals surface area contributed by atoms with Gasteiger partial charge in [0.05, 0.1) is 5.69 Å². The molecular formula is C17H24ClN3O3. The highest BCUT2D eigenvalue weighted by molar-refractivity contribution is 6.00. The Kier molecular flexibility index (Phi) is 6.45. The van der Waals surface area contributed by atoms with E-state index in [-0.39, 0.29) is 30.3 Å². The molecule has 2 atom stereocenters. The molecule has 0 aliphatic carbocycles. The predicted molar refractivity (Wildman–Crippen MR) is 94.8 cm³/mol. The first kappa shape index (κ1) is 18.5. The number of hydrogen-bond acceptors (Lipinski definition) is 4. The number of amides is 2. The largest absolute Gasteiger partial charge is 0.479 e. The average Bonchev–Trinajstić information content (AvgIpc) is 2.56. The maximum atomic E-state index is 12.3. The van der Waals surface area contributed by atoms with E-state index in [1.165, 1.54) is 0 Å². The minimum absolute atomic E-state index is 0. The molecule has 6 nitrogen and oxygen atoms in total. The Morgan fingerprint density at radius 1 is 1.42 bits per heavy atom. The van der Waals surface area contributed by atoms with E-state index in [1.54, 1.807) is 11.8 Å². The fourth-order valence-corrected chi connectivity index (χ4v) is 3.08. The number of fused-ring (bicyclic) bond motifs is 1. The summed E-state index contributed by atoms with van der Waals surface area (Å²) in [5, 5.41) is 6.31. The van der Waals surface area contributed by atoms with Crippen LogP contribution in [0.25, 0.3) is 0 Å². The number of carbonyl (C=O) groups excluding carboxylic acids is 2. The summed E-state index contributed by atoms with van der Waals surface area (Å²) in [6, 6.07) is 7.64. The van der Waals surface area contributed by atoms with Gasteiger partial charge in [0.2, 0.25) is 5.91 Å². The number of nitrogens with zero attached hydrogens (tertiary/aromatic N) is 1. The van der Waals surface area contributed by atoms with Gasteiger partial charge in [0.15, 0.2) is 6.10 Å². The van der Waals surface area contributed by atoms with Gasteiger partial charge < -0.3 is 20.3 Å². The van der Waals surface area contributed by atoms with Crippen LogP contribution in [-0.4, -0.2) is 43.6 Å². The molecule has 2 aliphatic heterocycles. The summed E-state index contributed by atoms with van der Waals surface area (Å²) in [5.74, 6) is 0.579. The number of anilines is 1. The summed E-state index contributed by atoms with van der Waals surface area (Å²) in [4.78, 5) is 26.2. The monoisotopic (exact) mass is 353 g/mol. The van der Waals surface area contributed by atoms with Crippen LogP contribution in [0, 0.1) is 0 Å². The van der Waals surface area contributed by atoms with E-state index in [2.05, 4.69) is 10.6 Å². The van der Waals surface area contributed by atoms with E-state index in [9.17, 15) is 9.59 Å². The smallest absolute Gasteiger partial charge is 0.267 e. The lowest BCUT2D eigenvalue weighted by Gasteiger charge is -2.33. The van der Waals surface area contributed by atoms with Gasteiger partial charge in [0.25, 0.3) is 5.91 Å². The third kappa shape index (κ3) is 4.19. The summed E-state index contributed by atoms with van der Waals surface area (Å²) in [5.41, 5.74) is 0.739. The summed E-state index contributed by atoms with van der Waals surface area (Å²) in [6.07, 6.45) is 1.87. The molecule has 2 aliphatic rings. The van der Waals surface area contributed by atoms with Crippen LogP contribution in [0.5, 0.6) is 5.75 Å². The maximum Gasteiger partial charge on any atom is 0.267 e. The second-order valence-electron chi connectivity index (χ2n) is 6.08. The van der Waals surface area contributed by atoms with Crippen molar-refractivity contribution >= 4 is 29.9 Å². The molecule has 1 aromatic carbocycles. The summed E-state index contributed by atoms with van der Waals surface area (Å²) in [6.45, 7) is 3.94. The molecule has 1 saturated heterocycles. The second-order valence-corrected chi connectivity index (χ2v) is 6.08. The molecule has 2 N–H and O–H groups in total. The molecule has 2 unspecified atom stereocenters. The van der Waals surface area contributed by atoms with Gasteiger partial charge in [-0.15, -0.1) is 12.4 Å². The molecule has 0 saturated carbocycles. The fourth-order valence-electron chi connectivity index (χ4n) is 3.08. The number of piperidine rings is 1. The van der Waals surface area contributed by atoms with Crippen LogP contribution in [-0.2, 0) is 9.59 Å². The van der Waals surface area contributed by atoms with Crippen molar-refractivity contribution in [3.63, 3.8) is 0 Å². The molecule has 2 heterocycles. The third-order valence-corrected chi connectivity index (χ3v) is 4.30. The van der Waals surface area contributed by atoms with Crippen LogP contribution in [0.2, 0.25) is 0 Å². The van der Waals surface area contributed by atoms with Crippen LogP contribution >= 0.6 is 12.4 Å². The Morgan fingerprint density at radius 2 is 2.21 bits per heavy atom. The van der Waals surface area contributed by atoms with Crippen molar-refractivity contribution in [2.24, 2.45) is 0 Å². The Hall–Kier alpha value is -1.79. The number of benzene rings is 1. The van der Waals surface area contributed by atoms with E-state index in [0.29, 0.717) is 18.7 Å². The van der Waals surface area contributed by atoms with E-state index in [4.69, 9.17) is 4.74 Å². The minimum Gasteiger partial charge on any atom is -0.479 e. The number of hydrogen-bond donors (Lipinski definition) is 2. The lowest BCUT2D eigenvalue weighted by molar-refractivity contribution is -0.125. The highest BCUT2D eigenvalue weighted by Gasteiger charge is 2.31. The fraction of sp³-hybridized carbons (Fsp3) is 0.529. The molecule has 0 aromatic heterocycles. The molecule has 7 heteroatoms. The molecule has 3 rings (SSSR count). The van der Waals surface area contributed by atoms with Crippen molar-refractivity contribution in [3.8, 4) is 5.75 Å². The van der Waals surface area contributed by atoms with Crippen molar-refractivity contribution in [1.29, 1.82) is 0 Å². The van der Waals surface area contributed by atoms with Crippen molar-refractivity contribution in [2.75, 3.05) is 24.5 Å². The maximum absolute atomic E-state index is 12.3. The SMILES string of the molecule is CC1Oc2ccccc2N(CCC(=O)NC2CCCNC2)C1=O.Cl. The zero-order valence-electron chi connectivity index (χ0n) is 13.8. The van der Waals surface area contributed by atoms with Crippen LogP contribution in [0.15, 0.2) is 24.3 Å². The van der Waals surface area contributed by atoms with Gasteiger partial charge in [-0.05, 0) is 38.4 Å². The Morgan fingerprint density at radius 3 is 2.96 bits per heavy atom. The lowest BCUT2D eigenvalue weighted by atomic mass is 10.1. The predicted octanol–water partition coefficient (Wildman–Crippen LogP) is 1.48. The van der Waals surface area contributed by atoms with Gasteiger partial charge in [-0.2, -0.15) is 0 Å². The van der Waals surface area contributed by atoms with Gasteiger partial charge in [-0.25, -0.2) is 0 Å². The van der Waals surface area contributed by atoms with E-state index < -0.39 is 6.10 Å². The van der Waals surface area contributed by atoms with E-state index in [0.717, 1.165) is 31.6 Å². The first-order valence-electron chi connectivity index (χ1n) is 8.22. The molecule has 2 amide bonds. The van der Waals surface area contributed by atoms with Crippen molar-refractivity contribution in [3.05, 3.63) is 24.3 Å². The molecule has 0 bridgehead atoms. The van der Waals surface area contributed by atoms with Crippen molar-refractivity contribution < 1.29 is 14.3 Å². The standard InChI is InChI=1S/C17H23N3O3.ClH/c1-12-17(22)20(14-6-2-3-7-15(14)23-12)10-8-16(21)19-13-5-4-9-18-11-13;/h2-3,6-7,12-13,18H,4-5,8-11H2,1H3,(H,19,21);1H. The average molecular weight is 354 g/mol. The summed E-state index contributed by atoms with van der Waals surface area (Å²) < 4.78 is 5.60. The van der Waals surface area contributed by atoms with Crippen molar-refractivity contribution in [2.45, 2.75) is 38.3 Å². The number of rotatable bonds is 4. The Bertz CT molecular complexity index is 590. The third-order valence-electron chi connectivity index (χ3n) is 4.30. The number of para-hydroxylation sites is 2. The Balaban J connectivity index is 0.00000208. The number of ether oxygens (including phenoxy) is 1. The second kappa shape index (κ2) is 8.35. The van der Waals surface area contributed by atoms with Crippen molar-refractivity contribution in [1.82, 2.24) is 10.6 Å². The van der Waals surface area contributed by atoms with E-state index in [1.807, 2.05) is 24.3 Å². The summed E-state index contributed by atoms with van der Waals surface area (Å²) in [7, 11) is 0. The molecular weight excluding hydrogens is 330 g/mol. The summed E-state index contributed by atoms with van der Waals surface area (Å²) >= 11 is 0. The number of halogens is 1. The molecule has 24 heavy (non-hydrogen) atoms. The van der Waals surface area contributed by atoms with Gasteiger partial charge in [0.1, 0.15) is 5.75 Å². The van der Waals surface area contributed by atoms with Crippen LogP contribution < -0.4 is 20.3 Å². The zero-order valence-corrected chi connectivity index (χ0v) is 14.6. The normalized spacial score (nSPS) is 22.9. The van der Waals surface area contributed by atoms with Crippen LogP contribution in [0.4, 0.5) is 5.69 Å². The Labute approximate surface area is 148 Å². The first-order chi connectivity index (χ1) is 11.1. The molecule has 0 spiro atoms. The van der Waals surface area contributed by atoms with Gasteiger partial charge in [-0.3, -0.25) is 9.59 Å². The zero-order chi connectivity index (χ0) is 16.2. The van der Waals surface area contributed by atoms with E-state index >= 15 is 0 Å². The first-order valence-corrected chi connectivity index (χ1v) is 8.22. The molecule has 0 radical (unpaired) electrons. The number of nitrogens with one attached hydrogen (secondary N) is 2. The minimum atomic E-state index is -0.518. The van der Waals surface area contributed by atoms with Gasteiger partial charge in [-0.1, -0.05) is 12.1 Å².